The van der Waals surface area contributed by atoms with Gasteiger partial charge >= 0.3 is 0 Å². The zero-order chi connectivity index (χ0) is 13.1. The molecular weight excluding hydrogens is 254 g/mol. The molecule has 1 atom stereocenters. The lowest BCUT2D eigenvalue weighted by Crippen LogP contribution is -2.30. The van der Waals surface area contributed by atoms with Gasteiger partial charge in [-0.3, -0.25) is 10.5 Å². The number of hydrogen-bond donors (Lipinski definition) is 2. The molecule has 0 fully saturated rings. The lowest BCUT2D eigenvalue weighted by atomic mass is 10.1. The van der Waals surface area contributed by atoms with Gasteiger partial charge in [-0.1, -0.05) is 11.6 Å². The molecule has 0 aliphatic carbocycles. The summed E-state index contributed by atoms with van der Waals surface area (Å²) in [5.74, 6) is 6.29. The van der Waals surface area contributed by atoms with Crippen LogP contribution in [0.3, 0.4) is 0 Å². The van der Waals surface area contributed by atoms with Gasteiger partial charge in [0.05, 0.1) is 19.3 Å². The summed E-state index contributed by atoms with van der Waals surface area (Å²) in [5.41, 5.74) is 4.45. The maximum absolute atomic E-state index is 5.89. The normalized spacial score (nSPS) is 12.4. The smallest absolute Gasteiger partial charge is 0.161 e. The Balaban J connectivity index is 2.48. The lowest BCUT2D eigenvalue weighted by Gasteiger charge is -2.18. The molecule has 0 saturated heterocycles. The average molecular weight is 268 g/mol. The molecule has 1 unspecified atom stereocenters. The number of rotatable bonds is 4. The number of halogens is 1. The zero-order valence-corrected chi connectivity index (χ0v) is 10.8. The second kappa shape index (κ2) is 5.34. The number of nitrogens with one attached hydrogen (secondary N) is 1. The first-order valence-corrected chi connectivity index (χ1v) is 5.68. The third-order valence-corrected chi connectivity index (χ3v) is 2.90. The SMILES string of the molecule is COc1cnn(C)c1C(NN)c1ccnc(Cl)c1. The van der Waals surface area contributed by atoms with Gasteiger partial charge in [0, 0.05) is 13.2 Å². The van der Waals surface area contributed by atoms with E-state index in [0.717, 1.165) is 11.3 Å². The molecule has 2 aromatic rings. The van der Waals surface area contributed by atoms with Crippen molar-refractivity contribution in [3.8, 4) is 5.75 Å². The first-order valence-electron chi connectivity index (χ1n) is 5.30. The minimum atomic E-state index is -0.270. The van der Waals surface area contributed by atoms with Crippen LogP contribution >= 0.6 is 11.6 Å². The molecule has 2 aromatic heterocycles. The van der Waals surface area contributed by atoms with Crippen LogP contribution in [0.1, 0.15) is 17.3 Å². The van der Waals surface area contributed by atoms with E-state index in [2.05, 4.69) is 15.5 Å². The highest BCUT2D eigenvalue weighted by Gasteiger charge is 2.21. The molecular formula is C11H14ClN5O. The van der Waals surface area contributed by atoms with E-state index in [4.69, 9.17) is 22.2 Å². The molecule has 2 heterocycles. The second-order valence-electron chi connectivity index (χ2n) is 3.73. The predicted octanol–water partition coefficient (Wildman–Crippen LogP) is 1.03. The van der Waals surface area contributed by atoms with E-state index >= 15 is 0 Å². The third-order valence-electron chi connectivity index (χ3n) is 2.69. The summed E-state index contributed by atoms with van der Waals surface area (Å²) in [6.45, 7) is 0. The van der Waals surface area contributed by atoms with Crippen molar-refractivity contribution in [1.29, 1.82) is 0 Å². The number of aromatic nitrogens is 3. The highest BCUT2D eigenvalue weighted by atomic mass is 35.5. The first kappa shape index (κ1) is 12.8. The van der Waals surface area contributed by atoms with E-state index in [0.29, 0.717) is 10.9 Å². The van der Waals surface area contributed by atoms with Crippen molar-refractivity contribution >= 4 is 11.6 Å². The summed E-state index contributed by atoms with van der Waals surface area (Å²) in [6, 6.07) is 3.31. The van der Waals surface area contributed by atoms with Crippen molar-refractivity contribution in [3.63, 3.8) is 0 Å². The summed E-state index contributed by atoms with van der Waals surface area (Å²) in [5, 5.41) is 4.56. The monoisotopic (exact) mass is 267 g/mol. The summed E-state index contributed by atoms with van der Waals surface area (Å²) < 4.78 is 6.98. The Bertz CT molecular complexity index is 542. The second-order valence-corrected chi connectivity index (χ2v) is 4.12. The number of hydrazine groups is 1. The van der Waals surface area contributed by atoms with Crippen LogP contribution in [0.4, 0.5) is 0 Å². The Morgan fingerprint density at radius 1 is 1.56 bits per heavy atom. The van der Waals surface area contributed by atoms with Crippen LogP contribution in [0.2, 0.25) is 5.15 Å². The Morgan fingerprint density at radius 3 is 2.94 bits per heavy atom. The predicted molar refractivity (Wildman–Crippen MR) is 68.2 cm³/mol. The van der Waals surface area contributed by atoms with Crippen LogP contribution in [-0.2, 0) is 7.05 Å². The summed E-state index contributed by atoms with van der Waals surface area (Å²) in [7, 11) is 3.42. The van der Waals surface area contributed by atoms with Gasteiger partial charge in [-0.15, -0.1) is 0 Å². The molecule has 0 aliphatic rings. The summed E-state index contributed by atoms with van der Waals surface area (Å²) in [6.07, 6.45) is 3.27. The first-order chi connectivity index (χ1) is 8.67. The van der Waals surface area contributed by atoms with Gasteiger partial charge in [0.2, 0.25) is 0 Å². The fraction of sp³-hybridized carbons (Fsp3) is 0.273. The van der Waals surface area contributed by atoms with Gasteiger partial charge in [-0.2, -0.15) is 5.10 Å². The van der Waals surface area contributed by atoms with Crippen molar-refractivity contribution in [2.75, 3.05) is 7.11 Å². The molecule has 0 aliphatic heterocycles. The van der Waals surface area contributed by atoms with Crippen LogP contribution < -0.4 is 16.0 Å². The third kappa shape index (κ3) is 2.31. The average Bonchev–Trinajstić information content (AvgIpc) is 2.72. The fourth-order valence-electron chi connectivity index (χ4n) is 1.84. The van der Waals surface area contributed by atoms with E-state index in [1.54, 1.807) is 30.3 Å². The van der Waals surface area contributed by atoms with Crippen molar-refractivity contribution in [2.45, 2.75) is 6.04 Å². The summed E-state index contributed by atoms with van der Waals surface area (Å²) in [4.78, 5) is 3.95. The summed E-state index contributed by atoms with van der Waals surface area (Å²) >= 11 is 5.89. The number of methoxy groups -OCH3 is 1. The maximum Gasteiger partial charge on any atom is 0.161 e. The van der Waals surface area contributed by atoms with Gasteiger partial charge < -0.3 is 4.74 Å². The van der Waals surface area contributed by atoms with Crippen molar-refractivity contribution in [1.82, 2.24) is 20.2 Å². The van der Waals surface area contributed by atoms with E-state index in [9.17, 15) is 0 Å². The zero-order valence-electron chi connectivity index (χ0n) is 10.1. The minimum Gasteiger partial charge on any atom is -0.493 e. The molecule has 3 N–H and O–H groups in total. The molecule has 0 radical (unpaired) electrons. The minimum absolute atomic E-state index is 0.270. The molecule has 0 bridgehead atoms. The molecule has 2 rings (SSSR count). The van der Waals surface area contributed by atoms with Crippen molar-refractivity contribution in [2.24, 2.45) is 12.9 Å². The number of pyridine rings is 1. The van der Waals surface area contributed by atoms with Crippen LogP contribution in [0.25, 0.3) is 0 Å². The van der Waals surface area contributed by atoms with Gasteiger partial charge in [-0.05, 0) is 17.7 Å². The number of nitrogens with zero attached hydrogens (tertiary/aromatic N) is 3. The molecule has 0 amide bonds. The highest BCUT2D eigenvalue weighted by molar-refractivity contribution is 6.29. The molecule has 0 aromatic carbocycles. The maximum atomic E-state index is 5.89. The van der Waals surface area contributed by atoms with Gasteiger partial charge in [0.15, 0.2) is 5.75 Å². The fourth-order valence-corrected chi connectivity index (χ4v) is 2.03. The van der Waals surface area contributed by atoms with Crippen LogP contribution in [0.5, 0.6) is 5.75 Å². The van der Waals surface area contributed by atoms with Crippen molar-refractivity contribution in [3.05, 3.63) is 40.9 Å². The van der Waals surface area contributed by atoms with Crippen molar-refractivity contribution < 1.29 is 4.74 Å². The largest absolute Gasteiger partial charge is 0.493 e. The topological polar surface area (TPSA) is 78.0 Å². The number of ether oxygens (including phenoxy) is 1. The number of hydrogen-bond acceptors (Lipinski definition) is 5. The van der Waals surface area contributed by atoms with Crippen LogP contribution in [0.15, 0.2) is 24.5 Å². The van der Waals surface area contributed by atoms with Gasteiger partial charge in [0.25, 0.3) is 0 Å². The Kier molecular flexibility index (Phi) is 3.81. The molecule has 7 heteroatoms. The number of aryl methyl sites for hydroxylation is 1. The molecule has 0 saturated carbocycles. The van der Waals surface area contributed by atoms with Crippen LogP contribution in [-0.4, -0.2) is 21.9 Å². The molecule has 18 heavy (non-hydrogen) atoms. The molecule has 6 nitrogen and oxygen atoms in total. The van der Waals surface area contributed by atoms with Gasteiger partial charge in [-0.25, -0.2) is 10.4 Å². The standard InChI is InChI=1S/C11H14ClN5O/c1-17-11(8(18-2)6-15-17)10(16-13)7-3-4-14-9(12)5-7/h3-6,10,16H,13H2,1-2H3. The van der Waals surface area contributed by atoms with Crippen LogP contribution in [0, 0.1) is 0 Å². The van der Waals surface area contributed by atoms with E-state index in [1.165, 1.54) is 0 Å². The Labute approximate surface area is 110 Å². The quantitative estimate of drug-likeness (QED) is 0.491. The molecule has 96 valence electrons. The Hall–Kier alpha value is -1.63. The molecule has 0 spiro atoms. The van der Waals surface area contributed by atoms with E-state index < -0.39 is 0 Å². The Morgan fingerprint density at radius 2 is 2.33 bits per heavy atom. The highest BCUT2D eigenvalue weighted by Crippen LogP contribution is 2.29. The van der Waals surface area contributed by atoms with E-state index in [1.807, 2.05) is 13.1 Å². The van der Waals surface area contributed by atoms with Gasteiger partial charge in [0.1, 0.15) is 10.8 Å². The lowest BCUT2D eigenvalue weighted by molar-refractivity contribution is 0.401. The number of nitrogens with two attached hydrogens (primary N) is 1. The van der Waals surface area contributed by atoms with E-state index in [-0.39, 0.29) is 6.04 Å².